The zero-order chi connectivity index (χ0) is 15.5. The fourth-order valence-electron chi connectivity index (χ4n) is 2.51. The normalized spacial score (nSPS) is 18.5. The average molecular weight is 293 g/mol. The summed E-state index contributed by atoms with van der Waals surface area (Å²) in [5, 5.41) is 13.4. The van der Waals surface area contributed by atoms with Crippen molar-refractivity contribution in [2.24, 2.45) is 5.10 Å². The highest BCUT2D eigenvalue weighted by Gasteiger charge is 2.24. The number of fused-ring (bicyclic) bond motifs is 1. The number of hydrazone groups is 1. The van der Waals surface area contributed by atoms with Crippen molar-refractivity contribution in [3.63, 3.8) is 0 Å². The Kier molecular flexibility index (Phi) is 3.71. The first-order chi connectivity index (χ1) is 10.7. The number of nitriles is 1. The minimum atomic E-state index is -0.299. The highest BCUT2D eigenvalue weighted by atomic mass is 16.1. The van der Waals surface area contributed by atoms with Crippen molar-refractivity contribution in [2.45, 2.75) is 25.8 Å². The zero-order valence-corrected chi connectivity index (χ0v) is 12.2. The average Bonchev–Trinajstić information content (AvgIpc) is 2.55. The Morgan fingerprint density at radius 1 is 1.41 bits per heavy atom. The van der Waals surface area contributed by atoms with Gasteiger partial charge in [0.1, 0.15) is 17.3 Å². The van der Waals surface area contributed by atoms with Gasteiger partial charge in [-0.25, -0.2) is 4.98 Å². The zero-order valence-electron chi connectivity index (χ0n) is 12.2. The molecular weight excluding hydrogens is 278 g/mol. The van der Waals surface area contributed by atoms with Crippen LogP contribution in [0, 0.1) is 11.3 Å². The number of hydrogen-bond donors (Lipinski definition) is 1. The van der Waals surface area contributed by atoms with Gasteiger partial charge in [-0.1, -0.05) is 18.2 Å². The highest BCUT2D eigenvalue weighted by Crippen LogP contribution is 2.22. The van der Waals surface area contributed by atoms with Gasteiger partial charge in [0.15, 0.2) is 5.82 Å². The van der Waals surface area contributed by atoms with Crippen LogP contribution < -0.4 is 11.0 Å². The summed E-state index contributed by atoms with van der Waals surface area (Å²) in [6.45, 7) is 1.95. The van der Waals surface area contributed by atoms with E-state index in [-0.39, 0.29) is 17.2 Å². The maximum absolute atomic E-state index is 12.3. The summed E-state index contributed by atoms with van der Waals surface area (Å²) >= 11 is 0. The second-order valence-corrected chi connectivity index (χ2v) is 5.21. The van der Waals surface area contributed by atoms with Gasteiger partial charge in [-0.3, -0.25) is 14.8 Å². The number of rotatable bonds is 2. The van der Waals surface area contributed by atoms with E-state index in [2.05, 4.69) is 15.5 Å². The van der Waals surface area contributed by atoms with Gasteiger partial charge in [0, 0.05) is 6.04 Å². The molecule has 1 aliphatic heterocycles. The molecule has 2 aromatic rings. The summed E-state index contributed by atoms with van der Waals surface area (Å²) in [4.78, 5) is 16.6. The Morgan fingerprint density at radius 2 is 2.18 bits per heavy atom. The van der Waals surface area contributed by atoms with Gasteiger partial charge in [-0.05, 0) is 31.9 Å². The molecule has 1 aromatic carbocycles. The van der Waals surface area contributed by atoms with Crippen molar-refractivity contribution in [1.82, 2.24) is 9.55 Å². The molecule has 6 nitrogen and oxygen atoms in total. The molecule has 0 fully saturated rings. The smallest absolute Gasteiger partial charge is 0.271 e. The molecule has 22 heavy (non-hydrogen) atoms. The second kappa shape index (κ2) is 5.82. The van der Waals surface area contributed by atoms with Crippen molar-refractivity contribution < 1.29 is 0 Å². The molecule has 1 aromatic heterocycles. The number of nitrogens with one attached hydrogen (secondary N) is 1. The van der Waals surface area contributed by atoms with E-state index in [9.17, 15) is 4.79 Å². The summed E-state index contributed by atoms with van der Waals surface area (Å²) < 4.78 is 1.56. The van der Waals surface area contributed by atoms with E-state index < -0.39 is 0 Å². The maximum Gasteiger partial charge on any atom is 0.271 e. The van der Waals surface area contributed by atoms with Crippen molar-refractivity contribution in [3.8, 4) is 6.07 Å². The monoisotopic (exact) mass is 293 g/mol. The molecule has 2 heterocycles. The van der Waals surface area contributed by atoms with Crippen LogP contribution in [0.5, 0.6) is 0 Å². The van der Waals surface area contributed by atoms with E-state index in [0.29, 0.717) is 5.82 Å². The lowest BCUT2D eigenvalue weighted by atomic mass is 10.0. The lowest BCUT2D eigenvalue weighted by Crippen LogP contribution is -2.35. The third-order valence-corrected chi connectivity index (χ3v) is 3.71. The fraction of sp³-hybridized carbons (Fsp3) is 0.250. The van der Waals surface area contributed by atoms with E-state index in [4.69, 9.17) is 5.26 Å². The first-order valence-corrected chi connectivity index (χ1v) is 7.10. The minimum Gasteiger partial charge on any atom is -0.288 e. The Bertz CT molecular complexity index is 817. The van der Waals surface area contributed by atoms with Gasteiger partial charge in [-0.15, -0.1) is 0 Å². The van der Waals surface area contributed by atoms with Crippen molar-refractivity contribution in [2.75, 3.05) is 5.43 Å². The Balaban J connectivity index is 2.01. The number of hydrogen-bond acceptors (Lipinski definition) is 5. The topological polar surface area (TPSA) is 83.1 Å². The molecule has 3 rings (SSSR count). The summed E-state index contributed by atoms with van der Waals surface area (Å²) in [5.74, 6) is 0.534. The number of para-hydroxylation sites is 1. The molecule has 0 bridgehead atoms. The predicted octanol–water partition coefficient (Wildman–Crippen LogP) is 2.29. The van der Waals surface area contributed by atoms with E-state index in [0.717, 1.165) is 24.2 Å². The van der Waals surface area contributed by atoms with Gasteiger partial charge in [-0.2, -0.15) is 10.4 Å². The minimum absolute atomic E-state index is 0.0129. The van der Waals surface area contributed by atoms with Crippen LogP contribution in [0.4, 0.5) is 5.69 Å². The molecule has 6 heteroatoms. The molecule has 0 saturated carbocycles. The van der Waals surface area contributed by atoms with Crippen LogP contribution in [0.2, 0.25) is 0 Å². The van der Waals surface area contributed by atoms with Crippen LogP contribution in [0.25, 0.3) is 0 Å². The molecule has 110 valence electrons. The molecule has 1 aliphatic rings. The lowest BCUT2D eigenvalue weighted by Gasteiger charge is -2.24. The molecule has 0 amide bonds. The SMILES string of the molecule is CC1CCC(=NNc2ccccc2)c2ncc(C#N)c(=O)n21. The Hall–Kier alpha value is -2.94. The van der Waals surface area contributed by atoms with E-state index in [1.807, 2.05) is 43.3 Å². The number of anilines is 1. The summed E-state index contributed by atoms with van der Waals surface area (Å²) in [7, 11) is 0. The van der Waals surface area contributed by atoms with Crippen molar-refractivity contribution >= 4 is 11.4 Å². The van der Waals surface area contributed by atoms with Crippen LogP contribution in [0.15, 0.2) is 46.4 Å². The largest absolute Gasteiger partial charge is 0.288 e. The van der Waals surface area contributed by atoms with E-state index in [1.54, 1.807) is 4.57 Å². The van der Waals surface area contributed by atoms with Crippen LogP contribution in [0.1, 0.15) is 37.2 Å². The van der Waals surface area contributed by atoms with Crippen LogP contribution in [-0.4, -0.2) is 15.3 Å². The molecular formula is C16H15N5O. The van der Waals surface area contributed by atoms with E-state index in [1.165, 1.54) is 6.20 Å². The lowest BCUT2D eigenvalue weighted by molar-refractivity contribution is 0.470. The van der Waals surface area contributed by atoms with Crippen LogP contribution in [0.3, 0.4) is 0 Å². The molecule has 1 unspecified atom stereocenters. The predicted molar refractivity (Wildman–Crippen MR) is 83.8 cm³/mol. The van der Waals surface area contributed by atoms with Gasteiger partial charge in [0.2, 0.25) is 0 Å². The molecule has 0 spiro atoms. The number of benzene rings is 1. The van der Waals surface area contributed by atoms with Crippen molar-refractivity contribution in [1.29, 1.82) is 5.26 Å². The number of nitrogens with zero attached hydrogens (tertiary/aromatic N) is 4. The van der Waals surface area contributed by atoms with Gasteiger partial charge in [0.05, 0.1) is 11.9 Å². The summed E-state index contributed by atoms with van der Waals surface area (Å²) in [5.41, 5.74) is 4.35. The van der Waals surface area contributed by atoms with Gasteiger partial charge in [0.25, 0.3) is 5.56 Å². The quantitative estimate of drug-likeness (QED) is 0.861. The molecule has 0 saturated heterocycles. The van der Waals surface area contributed by atoms with Gasteiger partial charge < -0.3 is 0 Å². The first-order valence-electron chi connectivity index (χ1n) is 7.10. The van der Waals surface area contributed by atoms with Crippen LogP contribution in [-0.2, 0) is 0 Å². The summed E-state index contributed by atoms with van der Waals surface area (Å²) in [6.07, 6.45) is 2.85. The third-order valence-electron chi connectivity index (χ3n) is 3.71. The number of aromatic nitrogens is 2. The first kappa shape index (κ1) is 14.0. The second-order valence-electron chi connectivity index (χ2n) is 5.21. The van der Waals surface area contributed by atoms with Crippen molar-refractivity contribution in [3.05, 3.63) is 58.3 Å². The Labute approximate surface area is 127 Å². The molecule has 1 atom stereocenters. The Morgan fingerprint density at radius 3 is 2.91 bits per heavy atom. The maximum atomic E-state index is 12.3. The standard InChI is InChI=1S/C16H15N5O/c1-11-7-8-14(20-19-13-5-3-2-4-6-13)15-18-10-12(9-17)16(22)21(11)15/h2-6,10-11,19H,7-8H2,1H3. The fourth-order valence-corrected chi connectivity index (χ4v) is 2.51. The van der Waals surface area contributed by atoms with Crippen LogP contribution >= 0.6 is 0 Å². The molecule has 0 radical (unpaired) electrons. The highest BCUT2D eigenvalue weighted by molar-refractivity contribution is 5.98. The molecule has 0 aliphatic carbocycles. The van der Waals surface area contributed by atoms with Gasteiger partial charge >= 0.3 is 0 Å². The van der Waals surface area contributed by atoms with E-state index >= 15 is 0 Å². The molecule has 1 N–H and O–H groups in total. The summed E-state index contributed by atoms with van der Waals surface area (Å²) in [6, 6.07) is 11.5. The third kappa shape index (κ3) is 2.49.